The average molecular weight is 2000 g/mol. The third-order valence-corrected chi connectivity index (χ3v) is 27.5. The van der Waals surface area contributed by atoms with Crippen LogP contribution < -0.4 is 44.6 Å². The van der Waals surface area contributed by atoms with Crippen LogP contribution >= 0.6 is 47.8 Å². The maximum Gasteiger partial charge on any atom is 0.498 e. The van der Waals surface area contributed by atoms with Crippen molar-refractivity contribution in [1.29, 1.82) is 0 Å². The zero-order valence-corrected chi connectivity index (χ0v) is 86.5. The van der Waals surface area contributed by atoms with Gasteiger partial charge in [-0.25, -0.2) is 9.59 Å². The van der Waals surface area contributed by atoms with Gasteiger partial charge in [-0.15, -0.1) is 0 Å². The molecule has 4 saturated heterocycles. The van der Waals surface area contributed by atoms with Gasteiger partial charge < -0.3 is 72.8 Å². The van der Waals surface area contributed by atoms with Crippen molar-refractivity contribution in [2.45, 2.75) is 333 Å². The fourth-order valence-corrected chi connectivity index (χ4v) is 18.9. The van der Waals surface area contributed by atoms with Crippen LogP contribution in [0.4, 0.5) is 32.3 Å². The fraction of sp³-hybridized carbons (Fsp3) is 0.610. The highest BCUT2D eigenvalue weighted by molar-refractivity contribution is 9.11. The monoisotopic (exact) mass is 2000 g/mol. The van der Waals surface area contributed by atoms with Gasteiger partial charge in [0.15, 0.2) is 0 Å². The van der Waals surface area contributed by atoms with E-state index in [1.54, 1.807) is 48.5 Å². The van der Waals surface area contributed by atoms with Crippen molar-refractivity contribution in [2.75, 3.05) is 84.0 Å². The highest BCUT2D eigenvalue weighted by Gasteiger charge is 2.52. The van der Waals surface area contributed by atoms with Crippen LogP contribution in [0.25, 0.3) is 22.3 Å². The molecule has 4 atom stereocenters. The SMILES string of the molecule is CC(=O)N1c2ccc(Br)c(O)c2CC[C@@H]1C.CC(C)(C)OC(=O)N1CCC(n2cc(B3OC(C)(C)C(C)(C)O3)cn2)CC1.CCCBr.CCCOc1c(-c2cnn(C3CCN(C(=O)OC(C)(C)C)CC3)c2)ccc2c1CC[C@H](C)N2C(C)=O.CCCOc1c(-c2cnn(C3CCNCC3)c2)ccc2c1CC[C@H](C)N2C(C)=O.CCCOc1c(Br)ccc2c1CC[C@H](C)N2C(C)=O. The Morgan fingerprint density at radius 3 is 1.14 bits per heavy atom. The number of anilines is 4. The molecular weight excluding hydrogens is 1860 g/mol. The number of aromatic hydroxyl groups is 1. The average Bonchev–Trinajstić information content (AvgIpc) is 1.72. The van der Waals surface area contributed by atoms with Gasteiger partial charge in [0.05, 0.1) is 93.2 Å². The standard InChI is InChI=1S/C28H40N4O4.C23H32N4O2.C19H32BN3O4.C15H20BrNO2.C12H14BrNO2.C3H7Br/c1-7-16-35-26-23(10-11-25-24(26)9-8-19(2)32(25)20(3)33)21-17-29-31(18-21)22-12-14-30(15-13-22)27(34)36-28(4,5)6;1-4-13-29-23-20(18-14-25-26(15-18)19-9-11-24-12-10-19)7-8-22-21(23)6-5-16(2)27(22)17(3)28;1-17(2,3)25-16(24)22-10-8-15(9-11-22)23-13-14(12-21-23)20-26-18(4,5)19(6,7)27-20;1-4-9-19-15-12-6-5-10(2)17(11(3)18)14(12)8-7-13(15)16;1-7-3-4-9-11(14(7)8(2)15)6-5-10(13)12(9)16;1-2-3-4/h10-11,17-19,22H,7-9,12-16H2,1-6H3;7-8,14-16,19,24H,4-6,9-13H2,1-3H3;12-13,15H,8-11H2,1-7H3;7-8,10H,4-6,9H2,1-3H3;5-7,16H,3-4H2,1-2H3;2-3H2,1H3/t19-;16-;;10-;7-;/m00.00./s1. The molecule has 0 aliphatic carbocycles. The van der Waals surface area contributed by atoms with Crippen molar-refractivity contribution < 1.29 is 66.9 Å². The molecule has 4 aromatic carbocycles. The molecule has 0 saturated carbocycles. The summed E-state index contributed by atoms with van der Waals surface area (Å²) < 4.78 is 49.4. The Morgan fingerprint density at radius 1 is 0.458 bits per heavy atom. The minimum atomic E-state index is -0.489. The molecule has 4 fully saturated rings. The zero-order valence-electron chi connectivity index (χ0n) is 81.8. The summed E-state index contributed by atoms with van der Waals surface area (Å²) in [5.74, 6) is 3.22. The number of piperidine rings is 3. The van der Waals surface area contributed by atoms with Gasteiger partial charge in [-0.05, 0) is 306 Å². The number of ether oxygens (including phenoxy) is 5. The number of alkyl halides is 1. The van der Waals surface area contributed by atoms with Crippen molar-refractivity contribution in [3.8, 4) is 45.3 Å². The number of halogens is 3. The molecule has 0 radical (unpaired) electrons. The van der Waals surface area contributed by atoms with Crippen molar-refractivity contribution in [3.63, 3.8) is 0 Å². The quantitative estimate of drug-likeness (QED) is 0.0672. The highest BCUT2D eigenvalue weighted by atomic mass is 79.9. The van der Waals surface area contributed by atoms with Gasteiger partial charge in [-0.3, -0.25) is 33.2 Å². The first kappa shape index (κ1) is 105. The molecule has 3 aromatic heterocycles. The fourth-order valence-electron chi connectivity index (χ4n) is 18.0. The van der Waals surface area contributed by atoms with Gasteiger partial charge in [0.25, 0.3) is 0 Å². The predicted molar refractivity (Wildman–Crippen MR) is 532 cm³/mol. The first-order chi connectivity index (χ1) is 62.1. The van der Waals surface area contributed by atoms with Gasteiger partial charge in [0, 0.05) is 158 Å². The number of nitrogens with zero attached hydrogens (tertiary/aromatic N) is 12. The predicted octanol–water partition coefficient (Wildman–Crippen LogP) is 20.9. The van der Waals surface area contributed by atoms with E-state index in [0.717, 1.165) is 222 Å². The third kappa shape index (κ3) is 26.4. The number of amides is 6. The summed E-state index contributed by atoms with van der Waals surface area (Å²) in [7, 11) is -0.398. The normalized spacial score (nSPS) is 19.5. The Hall–Kier alpha value is -8.49. The number of phenolic OH excluding ortho intramolecular Hbond substituents is 1. The van der Waals surface area contributed by atoms with Crippen LogP contribution in [0.5, 0.6) is 23.0 Å². The van der Waals surface area contributed by atoms with Gasteiger partial charge >= 0.3 is 19.3 Å². The second-order valence-corrected chi connectivity index (χ2v) is 41.1. The van der Waals surface area contributed by atoms with E-state index in [-0.39, 0.29) is 89.0 Å². The second kappa shape index (κ2) is 46.6. The van der Waals surface area contributed by atoms with Crippen LogP contribution in [0.1, 0.15) is 283 Å². The van der Waals surface area contributed by atoms with E-state index in [2.05, 4.69) is 153 Å². The van der Waals surface area contributed by atoms with Gasteiger partial charge in [-0.2, -0.15) is 15.3 Å². The lowest BCUT2D eigenvalue weighted by atomic mass is 9.82. The number of fused-ring (bicyclic) bond motifs is 4. The number of phenols is 1. The summed E-state index contributed by atoms with van der Waals surface area (Å²) >= 11 is 10.1. The molecule has 0 bridgehead atoms. The summed E-state index contributed by atoms with van der Waals surface area (Å²) in [4.78, 5) is 83.8. The molecule has 6 amide bonds. The first-order valence-electron chi connectivity index (χ1n) is 47.5. The molecule has 7 aromatic rings. The maximum absolute atomic E-state index is 12.4. The molecule has 0 spiro atoms. The van der Waals surface area contributed by atoms with Crippen LogP contribution in [-0.2, 0) is 63.6 Å². The van der Waals surface area contributed by atoms with Gasteiger partial charge in [0.2, 0.25) is 23.6 Å². The Bertz CT molecular complexity index is 5000. The topological polar surface area (TPSA) is 272 Å². The molecule has 718 valence electrons. The van der Waals surface area contributed by atoms with E-state index >= 15 is 0 Å². The highest BCUT2D eigenvalue weighted by Crippen LogP contribution is 2.48. The zero-order chi connectivity index (χ0) is 95.7. The van der Waals surface area contributed by atoms with E-state index in [1.807, 2.05) is 143 Å². The minimum absolute atomic E-state index is 0.0233. The van der Waals surface area contributed by atoms with Crippen LogP contribution in [0.15, 0.2) is 94.7 Å². The lowest BCUT2D eigenvalue weighted by Crippen LogP contribution is -2.42. The molecule has 8 aliphatic rings. The number of hydrogen-bond donors (Lipinski definition) is 2. The van der Waals surface area contributed by atoms with Gasteiger partial charge in [-0.1, -0.05) is 43.6 Å². The number of rotatable bonds is 16. The summed E-state index contributed by atoms with van der Waals surface area (Å²) in [6.07, 6.45) is 28.4. The Labute approximate surface area is 803 Å². The molecule has 2 N–H and O–H groups in total. The van der Waals surface area contributed by atoms with Crippen LogP contribution in [0.2, 0.25) is 0 Å². The lowest BCUT2D eigenvalue weighted by Gasteiger charge is -2.36. The van der Waals surface area contributed by atoms with E-state index in [4.69, 9.17) is 38.1 Å². The molecule has 131 heavy (non-hydrogen) atoms. The molecule has 15 rings (SSSR count). The van der Waals surface area contributed by atoms with Gasteiger partial charge in [0.1, 0.15) is 34.2 Å². The molecule has 8 aliphatic heterocycles. The Balaban J connectivity index is 0.000000172. The maximum atomic E-state index is 12.4. The van der Waals surface area contributed by atoms with E-state index < -0.39 is 18.3 Å². The number of likely N-dealkylation sites (tertiary alicyclic amines) is 2. The second-order valence-electron chi connectivity index (χ2n) is 38.6. The van der Waals surface area contributed by atoms with Crippen LogP contribution in [0.3, 0.4) is 0 Å². The molecule has 11 heterocycles. The number of aromatic nitrogens is 6. The smallest absolute Gasteiger partial charge is 0.498 e. The summed E-state index contributed by atoms with van der Waals surface area (Å²) in [5, 5.41) is 28.4. The van der Waals surface area contributed by atoms with Crippen molar-refractivity contribution in [1.82, 2.24) is 44.5 Å². The largest absolute Gasteiger partial charge is 0.506 e. The van der Waals surface area contributed by atoms with Crippen LogP contribution in [0, 0.1) is 0 Å². The third-order valence-electron chi connectivity index (χ3n) is 25.5. The number of hydrogen-bond acceptors (Lipinski definition) is 18. The number of carbonyl (C=O) groups excluding carboxylic acids is 6. The van der Waals surface area contributed by atoms with Crippen molar-refractivity contribution in [3.05, 3.63) is 117 Å². The number of benzene rings is 4. The van der Waals surface area contributed by atoms with Crippen molar-refractivity contribution in [2.24, 2.45) is 0 Å². The van der Waals surface area contributed by atoms with E-state index in [0.29, 0.717) is 56.5 Å². The number of carbonyl (C=O) groups is 6. The van der Waals surface area contributed by atoms with Crippen molar-refractivity contribution >= 4 is 119 Å². The summed E-state index contributed by atoms with van der Waals surface area (Å²) in [5.41, 5.74) is 11.5. The van der Waals surface area contributed by atoms with E-state index in [1.165, 1.54) is 6.42 Å². The molecule has 27 nitrogen and oxygen atoms in total. The minimum Gasteiger partial charge on any atom is -0.506 e. The lowest BCUT2D eigenvalue weighted by molar-refractivity contribution is -0.117. The molecule has 0 unspecified atom stereocenters. The summed E-state index contributed by atoms with van der Waals surface area (Å²) in [6, 6.07) is 17.7. The summed E-state index contributed by atoms with van der Waals surface area (Å²) in [6.45, 7) is 49.5. The first-order valence-corrected chi connectivity index (χ1v) is 50.2. The Kier molecular flexibility index (Phi) is 37.2. The molecular formula is C100H145BBr3N13O14. The van der Waals surface area contributed by atoms with Crippen LogP contribution in [-0.4, -0.2) is 198 Å². The Morgan fingerprint density at radius 2 is 0.779 bits per heavy atom. The van der Waals surface area contributed by atoms with E-state index in [9.17, 15) is 33.9 Å². The number of nitrogens with one attached hydrogen (secondary N) is 1. The molecule has 31 heteroatoms.